The van der Waals surface area contributed by atoms with Crippen LogP contribution >= 0.6 is 0 Å². The van der Waals surface area contributed by atoms with Gasteiger partial charge in [0.05, 0.1) is 20.3 Å². The first-order valence-corrected chi connectivity index (χ1v) is 4.76. The van der Waals surface area contributed by atoms with Gasteiger partial charge in [-0.25, -0.2) is 9.59 Å². The lowest BCUT2D eigenvalue weighted by Crippen LogP contribution is -2.26. The Morgan fingerprint density at radius 3 is 2.29 bits per heavy atom. The molecule has 0 fully saturated rings. The van der Waals surface area contributed by atoms with Crippen LogP contribution in [0.5, 0.6) is 0 Å². The maximum Gasteiger partial charge on any atom is 0.354 e. The van der Waals surface area contributed by atoms with Gasteiger partial charge < -0.3 is 19.5 Å². The number of nitrogens with one attached hydrogen (secondary N) is 1. The molecule has 7 nitrogen and oxygen atoms in total. The van der Waals surface area contributed by atoms with Gasteiger partial charge in [0.25, 0.3) is 0 Å². The van der Waals surface area contributed by atoms with Gasteiger partial charge in [0.1, 0.15) is 12.3 Å². The number of hydrogen-bond donors (Lipinski definition) is 1. The lowest BCUT2D eigenvalue weighted by atomic mass is 10.4. The second-order valence-electron chi connectivity index (χ2n) is 2.84. The van der Waals surface area contributed by atoms with E-state index < -0.39 is 17.9 Å². The highest BCUT2D eigenvalue weighted by molar-refractivity contribution is 5.95. The number of ether oxygens (including phenoxy) is 3. The molecule has 0 unspecified atom stereocenters. The predicted octanol–water partition coefficient (Wildman–Crippen LogP) is -0.631. The quantitative estimate of drug-likeness (QED) is 0.288. The molecule has 0 aliphatic carbocycles. The van der Waals surface area contributed by atoms with Gasteiger partial charge in [-0.1, -0.05) is 0 Å². The third-order valence-corrected chi connectivity index (χ3v) is 1.59. The molecule has 0 radical (unpaired) electrons. The van der Waals surface area contributed by atoms with Crippen molar-refractivity contribution >= 4 is 17.9 Å². The third-order valence-electron chi connectivity index (χ3n) is 1.59. The van der Waals surface area contributed by atoms with Crippen LogP contribution in [0.25, 0.3) is 0 Å². The number of methoxy groups -OCH3 is 2. The molecule has 0 aliphatic rings. The van der Waals surface area contributed by atoms with Crippen molar-refractivity contribution in [1.82, 2.24) is 5.32 Å². The summed E-state index contributed by atoms with van der Waals surface area (Å²) < 4.78 is 13.5. The van der Waals surface area contributed by atoms with E-state index in [-0.39, 0.29) is 18.8 Å². The number of carbonyl (C=O) groups is 3. The van der Waals surface area contributed by atoms with Gasteiger partial charge in [0.2, 0.25) is 0 Å². The highest BCUT2D eigenvalue weighted by Gasteiger charge is 2.11. The van der Waals surface area contributed by atoms with Crippen LogP contribution in [0.15, 0.2) is 11.8 Å². The molecule has 0 atom stereocenters. The van der Waals surface area contributed by atoms with Crippen LogP contribution in [0, 0.1) is 0 Å². The van der Waals surface area contributed by atoms with E-state index in [1.807, 2.05) is 0 Å². The molecule has 0 heterocycles. The number of carbonyl (C=O) groups excluding carboxylic acids is 3. The summed E-state index contributed by atoms with van der Waals surface area (Å²) in [5.41, 5.74) is -0.0634. The van der Waals surface area contributed by atoms with Gasteiger partial charge in [0.15, 0.2) is 0 Å². The summed E-state index contributed by atoms with van der Waals surface area (Å²) in [6.45, 7) is 1.52. The first-order valence-electron chi connectivity index (χ1n) is 4.76. The standard InChI is InChI=1S/C10H15NO6/c1-7(12)17-5-4-11-8(10(14)16-3)6-9(13)15-2/h6,11H,4-5H2,1-3H3/b8-6-. The Labute approximate surface area is 98.7 Å². The molecule has 0 bridgehead atoms. The smallest absolute Gasteiger partial charge is 0.354 e. The summed E-state index contributed by atoms with van der Waals surface area (Å²) in [6.07, 6.45) is 0.958. The Hall–Kier alpha value is -2.05. The molecule has 96 valence electrons. The van der Waals surface area contributed by atoms with E-state index in [0.717, 1.165) is 6.08 Å². The van der Waals surface area contributed by atoms with Crippen LogP contribution in [0.4, 0.5) is 0 Å². The van der Waals surface area contributed by atoms with Crippen LogP contribution in [0.2, 0.25) is 0 Å². The monoisotopic (exact) mass is 245 g/mol. The molecule has 0 aromatic heterocycles. The fourth-order valence-electron chi connectivity index (χ4n) is 0.849. The molecule has 7 heteroatoms. The maximum atomic E-state index is 11.2. The number of hydrogen-bond acceptors (Lipinski definition) is 7. The zero-order valence-corrected chi connectivity index (χ0v) is 9.94. The van der Waals surface area contributed by atoms with Gasteiger partial charge in [-0.2, -0.15) is 0 Å². The Balaban J connectivity index is 4.31. The SMILES string of the molecule is COC(=O)/C=C(\NCCOC(C)=O)C(=O)OC. The minimum absolute atomic E-state index is 0.0634. The van der Waals surface area contributed by atoms with Gasteiger partial charge >= 0.3 is 17.9 Å². The van der Waals surface area contributed by atoms with Crippen LogP contribution in [-0.2, 0) is 28.6 Å². The van der Waals surface area contributed by atoms with Crippen LogP contribution in [-0.4, -0.2) is 45.3 Å². The fourth-order valence-corrected chi connectivity index (χ4v) is 0.849. The number of esters is 3. The van der Waals surface area contributed by atoms with Crippen molar-refractivity contribution in [3.63, 3.8) is 0 Å². The zero-order valence-electron chi connectivity index (χ0n) is 9.94. The van der Waals surface area contributed by atoms with Gasteiger partial charge in [-0.05, 0) is 0 Å². The Morgan fingerprint density at radius 2 is 1.82 bits per heavy atom. The van der Waals surface area contributed by atoms with Gasteiger partial charge in [0, 0.05) is 13.5 Å². The molecule has 17 heavy (non-hydrogen) atoms. The summed E-state index contributed by atoms with van der Waals surface area (Å²) in [6, 6.07) is 0. The molecule has 0 amide bonds. The predicted molar refractivity (Wildman–Crippen MR) is 56.8 cm³/mol. The molecule has 0 spiro atoms. The van der Waals surface area contributed by atoms with Crippen molar-refractivity contribution in [2.45, 2.75) is 6.92 Å². The molecule has 1 N–H and O–H groups in total. The van der Waals surface area contributed by atoms with Crippen molar-refractivity contribution in [1.29, 1.82) is 0 Å². The lowest BCUT2D eigenvalue weighted by Gasteiger charge is -2.08. The molecule has 0 aliphatic heterocycles. The molecule has 0 aromatic carbocycles. The van der Waals surface area contributed by atoms with Crippen molar-refractivity contribution in [2.75, 3.05) is 27.4 Å². The third kappa shape index (κ3) is 6.93. The van der Waals surface area contributed by atoms with E-state index in [2.05, 4.69) is 19.5 Å². The molecular weight excluding hydrogens is 230 g/mol. The molecule has 0 aromatic rings. The van der Waals surface area contributed by atoms with Crippen LogP contribution in [0.1, 0.15) is 6.92 Å². The summed E-state index contributed by atoms with van der Waals surface area (Å²) in [5, 5.41) is 2.60. The van der Waals surface area contributed by atoms with Crippen LogP contribution in [0.3, 0.4) is 0 Å². The van der Waals surface area contributed by atoms with Crippen LogP contribution < -0.4 is 5.32 Å². The normalized spacial score (nSPS) is 10.4. The van der Waals surface area contributed by atoms with Crippen molar-refractivity contribution in [3.8, 4) is 0 Å². The van der Waals surface area contributed by atoms with E-state index in [1.165, 1.54) is 21.1 Å². The first kappa shape index (κ1) is 14.9. The van der Waals surface area contributed by atoms with E-state index in [4.69, 9.17) is 0 Å². The Bertz CT molecular complexity index is 323. The number of rotatable bonds is 6. The zero-order chi connectivity index (χ0) is 13.3. The summed E-state index contributed by atoms with van der Waals surface area (Å²) >= 11 is 0. The first-order chi connectivity index (χ1) is 8.01. The highest BCUT2D eigenvalue weighted by atomic mass is 16.5. The molecule has 0 saturated heterocycles. The summed E-state index contributed by atoms with van der Waals surface area (Å²) in [7, 11) is 2.37. The van der Waals surface area contributed by atoms with E-state index in [9.17, 15) is 14.4 Å². The van der Waals surface area contributed by atoms with Crippen molar-refractivity contribution < 1.29 is 28.6 Å². The van der Waals surface area contributed by atoms with Crippen molar-refractivity contribution in [2.24, 2.45) is 0 Å². The average Bonchev–Trinajstić information content (AvgIpc) is 2.31. The maximum absolute atomic E-state index is 11.2. The minimum Gasteiger partial charge on any atom is -0.466 e. The lowest BCUT2D eigenvalue weighted by molar-refractivity contribution is -0.141. The Kier molecular flexibility index (Phi) is 7.16. The Morgan fingerprint density at radius 1 is 1.18 bits per heavy atom. The van der Waals surface area contributed by atoms with E-state index in [1.54, 1.807) is 0 Å². The molecule has 0 rings (SSSR count). The summed E-state index contributed by atoms with van der Waals surface area (Å²) in [5.74, 6) is -1.83. The van der Waals surface area contributed by atoms with Crippen molar-refractivity contribution in [3.05, 3.63) is 11.8 Å². The molecule has 0 saturated carbocycles. The summed E-state index contributed by atoms with van der Waals surface area (Å²) in [4.78, 5) is 32.6. The minimum atomic E-state index is -0.710. The van der Waals surface area contributed by atoms with E-state index >= 15 is 0 Å². The second-order valence-corrected chi connectivity index (χ2v) is 2.84. The second kappa shape index (κ2) is 8.14. The van der Waals surface area contributed by atoms with Gasteiger partial charge in [-0.3, -0.25) is 4.79 Å². The fraction of sp³-hybridized carbons (Fsp3) is 0.500. The largest absolute Gasteiger partial charge is 0.466 e. The highest BCUT2D eigenvalue weighted by Crippen LogP contribution is 1.94. The molecular formula is C10H15NO6. The van der Waals surface area contributed by atoms with E-state index in [0.29, 0.717) is 0 Å². The van der Waals surface area contributed by atoms with Gasteiger partial charge in [-0.15, -0.1) is 0 Å². The average molecular weight is 245 g/mol. The topological polar surface area (TPSA) is 90.9 Å².